The molecule has 0 N–H and O–H groups in total. The summed E-state index contributed by atoms with van der Waals surface area (Å²) in [4.78, 5) is 16.8. The molecule has 1 amide bonds. The van der Waals surface area contributed by atoms with E-state index in [0.29, 0.717) is 13.0 Å². The molecule has 0 aromatic heterocycles. The Morgan fingerprint density at radius 2 is 1.69 bits per heavy atom. The molecule has 3 nitrogen and oxygen atoms in total. The number of allylic oxidation sites excluding steroid dienone is 1. The molecule has 3 aromatic rings. The fourth-order valence-electron chi connectivity index (χ4n) is 3.79. The van der Waals surface area contributed by atoms with Crippen LogP contribution in [0.2, 0.25) is 0 Å². The lowest BCUT2D eigenvalue weighted by molar-refractivity contribution is -0.120. The van der Waals surface area contributed by atoms with Crippen LogP contribution >= 0.6 is 11.8 Å². The lowest BCUT2D eigenvalue weighted by Crippen LogP contribution is -2.37. The second-order valence-electron chi connectivity index (χ2n) is 6.99. The fraction of sp³-hybridized carbons (Fsp3) is 0.160. The second kappa shape index (κ2) is 8.18. The van der Waals surface area contributed by atoms with E-state index >= 15 is 0 Å². The molecule has 146 valence electrons. The van der Waals surface area contributed by atoms with Gasteiger partial charge in [-0.1, -0.05) is 54.6 Å². The number of nitrogens with zero attached hydrogens (tertiary/aromatic N) is 1. The maximum Gasteiger partial charge on any atom is 0.248 e. The van der Waals surface area contributed by atoms with Gasteiger partial charge in [0.25, 0.3) is 0 Å². The van der Waals surface area contributed by atoms with Gasteiger partial charge in [-0.25, -0.2) is 0 Å². The van der Waals surface area contributed by atoms with Crippen molar-refractivity contribution in [3.05, 3.63) is 103 Å². The van der Waals surface area contributed by atoms with Crippen molar-refractivity contribution in [2.45, 2.75) is 22.6 Å². The quantitative estimate of drug-likeness (QED) is 0.468. The van der Waals surface area contributed by atoms with E-state index in [1.54, 1.807) is 18.9 Å². The Morgan fingerprint density at radius 3 is 2.38 bits per heavy atom. The van der Waals surface area contributed by atoms with Crippen molar-refractivity contribution in [3.8, 4) is 5.75 Å². The van der Waals surface area contributed by atoms with Crippen LogP contribution in [0.5, 0.6) is 5.75 Å². The van der Waals surface area contributed by atoms with Gasteiger partial charge in [0.15, 0.2) is 0 Å². The topological polar surface area (TPSA) is 29.5 Å². The van der Waals surface area contributed by atoms with Gasteiger partial charge in [0.1, 0.15) is 10.5 Å². The first-order valence-corrected chi connectivity index (χ1v) is 10.4. The third-order valence-corrected chi connectivity index (χ3v) is 6.60. The molecule has 0 spiro atoms. The number of para-hydroxylation sites is 1. The first kappa shape index (κ1) is 19.3. The highest BCUT2D eigenvalue weighted by molar-refractivity contribution is 8.01. The lowest BCUT2D eigenvalue weighted by atomic mass is 9.96. The molecule has 3 aromatic carbocycles. The molecule has 0 radical (unpaired) electrons. The lowest BCUT2D eigenvalue weighted by Gasteiger charge is -2.27. The normalized spacial score (nSPS) is 17.8. The number of amides is 1. The molecular formula is C25H23NO2S. The van der Waals surface area contributed by atoms with Crippen LogP contribution in [-0.2, 0) is 16.1 Å². The monoisotopic (exact) mass is 401 g/mol. The summed E-state index contributed by atoms with van der Waals surface area (Å²) in [6.07, 6.45) is 2.42. The summed E-state index contributed by atoms with van der Waals surface area (Å²) >= 11 is 1.61. The van der Waals surface area contributed by atoms with E-state index < -0.39 is 4.75 Å². The zero-order chi connectivity index (χ0) is 20.3. The van der Waals surface area contributed by atoms with E-state index in [2.05, 4.69) is 24.8 Å². The molecule has 1 unspecified atom stereocenters. The largest absolute Gasteiger partial charge is 0.497 e. The number of carbonyl (C=O) groups is 1. The molecule has 1 aliphatic heterocycles. The van der Waals surface area contributed by atoms with Crippen molar-refractivity contribution in [2.75, 3.05) is 12.0 Å². The van der Waals surface area contributed by atoms with Gasteiger partial charge < -0.3 is 9.64 Å². The second-order valence-corrected chi connectivity index (χ2v) is 8.36. The summed E-state index contributed by atoms with van der Waals surface area (Å²) in [7, 11) is 1.65. The Labute approximate surface area is 176 Å². The van der Waals surface area contributed by atoms with Gasteiger partial charge in [0.05, 0.1) is 13.7 Å². The summed E-state index contributed by atoms with van der Waals surface area (Å²) < 4.78 is 4.55. The fourth-order valence-corrected chi connectivity index (χ4v) is 5.17. The van der Waals surface area contributed by atoms with Crippen LogP contribution in [0.25, 0.3) is 0 Å². The highest BCUT2D eigenvalue weighted by Crippen LogP contribution is 2.54. The van der Waals surface area contributed by atoms with E-state index in [9.17, 15) is 4.79 Å². The van der Waals surface area contributed by atoms with Crippen LogP contribution in [0.15, 0.2) is 96.4 Å². The summed E-state index contributed by atoms with van der Waals surface area (Å²) in [6, 6.07) is 26.1. The van der Waals surface area contributed by atoms with Crippen LogP contribution in [0.4, 0.5) is 5.69 Å². The summed E-state index contributed by atoms with van der Waals surface area (Å²) in [5.41, 5.74) is 3.08. The zero-order valence-corrected chi connectivity index (χ0v) is 17.2. The molecule has 1 atom stereocenters. The third-order valence-electron chi connectivity index (χ3n) is 5.19. The number of rotatable bonds is 7. The van der Waals surface area contributed by atoms with Crippen LogP contribution in [-0.4, -0.2) is 13.0 Å². The van der Waals surface area contributed by atoms with Crippen LogP contribution in [0.3, 0.4) is 0 Å². The first-order valence-electron chi connectivity index (χ1n) is 9.57. The standard InChI is InChI=1S/C25H23NO2S/c1-3-17-25(29-21-9-5-4-6-10-21)22-11-7-8-12-23(22)26(24(25)27)18-19-13-15-20(28-2)16-14-19/h3-16H,1,17-18H2,2H3. The molecule has 29 heavy (non-hydrogen) atoms. The number of ether oxygens (including phenoxy) is 1. The highest BCUT2D eigenvalue weighted by Gasteiger charge is 2.50. The number of thioether (sulfide) groups is 1. The number of fused-ring (bicyclic) bond motifs is 1. The number of hydrogen-bond acceptors (Lipinski definition) is 3. The molecule has 0 saturated heterocycles. The molecule has 0 saturated carbocycles. The Hall–Kier alpha value is -2.98. The first-order chi connectivity index (χ1) is 14.2. The SMILES string of the molecule is C=CCC1(Sc2ccccc2)C(=O)N(Cc2ccc(OC)cc2)c2ccccc21. The van der Waals surface area contributed by atoms with Crippen molar-refractivity contribution in [1.82, 2.24) is 0 Å². The predicted molar refractivity (Wildman–Crippen MR) is 119 cm³/mol. The predicted octanol–water partition coefficient (Wildman–Crippen LogP) is 5.81. The molecule has 1 aliphatic rings. The molecule has 0 bridgehead atoms. The Kier molecular flexibility index (Phi) is 5.45. The van der Waals surface area contributed by atoms with E-state index in [1.165, 1.54) is 0 Å². The number of methoxy groups -OCH3 is 1. The molecular weight excluding hydrogens is 378 g/mol. The van der Waals surface area contributed by atoms with Crippen LogP contribution in [0.1, 0.15) is 17.5 Å². The molecule has 1 heterocycles. The zero-order valence-electron chi connectivity index (χ0n) is 16.4. The van der Waals surface area contributed by atoms with Crippen molar-refractivity contribution >= 4 is 23.4 Å². The van der Waals surface area contributed by atoms with Crippen molar-refractivity contribution in [3.63, 3.8) is 0 Å². The average molecular weight is 402 g/mol. The van der Waals surface area contributed by atoms with E-state index in [4.69, 9.17) is 4.74 Å². The molecule has 4 heteroatoms. The van der Waals surface area contributed by atoms with E-state index in [0.717, 1.165) is 27.5 Å². The molecule has 0 fully saturated rings. The van der Waals surface area contributed by atoms with Gasteiger partial charge in [-0.3, -0.25) is 4.79 Å². The van der Waals surface area contributed by atoms with Gasteiger partial charge in [0, 0.05) is 16.1 Å². The minimum absolute atomic E-state index is 0.100. The molecule has 4 rings (SSSR count). The Morgan fingerprint density at radius 1 is 1.00 bits per heavy atom. The van der Waals surface area contributed by atoms with Gasteiger partial charge in [0.2, 0.25) is 5.91 Å². The smallest absolute Gasteiger partial charge is 0.248 e. The van der Waals surface area contributed by atoms with Crippen molar-refractivity contribution < 1.29 is 9.53 Å². The van der Waals surface area contributed by atoms with Gasteiger partial charge in [-0.15, -0.1) is 18.3 Å². The van der Waals surface area contributed by atoms with Gasteiger partial charge >= 0.3 is 0 Å². The van der Waals surface area contributed by atoms with E-state index in [-0.39, 0.29) is 5.91 Å². The van der Waals surface area contributed by atoms with Gasteiger partial charge in [-0.2, -0.15) is 0 Å². The van der Waals surface area contributed by atoms with Gasteiger partial charge in [-0.05, 0) is 42.3 Å². The molecule has 0 aliphatic carbocycles. The van der Waals surface area contributed by atoms with Crippen LogP contribution < -0.4 is 9.64 Å². The highest BCUT2D eigenvalue weighted by atomic mass is 32.2. The number of benzene rings is 3. The average Bonchev–Trinajstić information content (AvgIpc) is 2.98. The maximum atomic E-state index is 13.8. The summed E-state index contributed by atoms with van der Waals surface area (Å²) in [5, 5.41) is 0. The minimum Gasteiger partial charge on any atom is -0.497 e. The summed E-state index contributed by atoms with van der Waals surface area (Å²) in [6.45, 7) is 4.47. The number of hydrogen-bond donors (Lipinski definition) is 0. The Balaban J connectivity index is 1.74. The van der Waals surface area contributed by atoms with E-state index in [1.807, 2.05) is 71.6 Å². The summed E-state index contributed by atoms with van der Waals surface area (Å²) in [5.74, 6) is 0.908. The third kappa shape index (κ3) is 3.56. The minimum atomic E-state index is -0.702. The number of anilines is 1. The van der Waals surface area contributed by atoms with Crippen molar-refractivity contribution in [1.29, 1.82) is 0 Å². The number of carbonyl (C=O) groups excluding carboxylic acids is 1. The maximum absolute atomic E-state index is 13.8. The Bertz CT molecular complexity index is 1020. The van der Waals surface area contributed by atoms with Crippen LogP contribution in [0, 0.1) is 0 Å². The van der Waals surface area contributed by atoms with Crippen molar-refractivity contribution in [2.24, 2.45) is 0 Å².